The molecule has 2 rings (SSSR count). The monoisotopic (exact) mass is 322 g/mol. The summed E-state index contributed by atoms with van der Waals surface area (Å²) in [5.74, 6) is 0.515. The number of rotatable bonds is 7. The smallest absolute Gasteiger partial charge is 0.250 e. The Morgan fingerprint density at radius 2 is 1.86 bits per heavy atom. The van der Waals surface area contributed by atoms with Gasteiger partial charge in [0.2, 0.25) is 15.0 Å². The van der Waals surface area contributed by atoms with Crippen molar-refractivity contribution >= 4 is 9.84 Å². The molecule has 1 atom stereocenters. The first-order valence-corrected chi connectivity index (χ1v) is 9.10. The van der Waals surface area contributed by atoms with Gasteiger partial charge in [0.15, 0.2) is 5.82 Å². The van der Waals surface area contributed by atoms with E-state index in [1.165, 1.54) is 0 Å². The molecule has 0 fully saturated rings. The summed E-state index contributed by atoms with van der Waals surface area (Å²) in [5, 5.41) is 7.96. The molecule has 0 aliphatic carbocycles. The molecule has 1 heterocycles. The topological polar surface area (TPSA) is 90.9 Å². The van der Waals surface area contributed by atoms with E-state index in [-0.39, 0.29) is 17.0 Å². The van der Waals surface area contributed by atoms with Crippen LogP contribution in [0.3, 0.4) is 0 Å². The predicted octanol–water partition coefficient (Wildman–Crippen LogP) is 1.92. The van der Waals surface area contributed by atoms with Crippen LogP contribution in [0.1, 0.15) is 44.1 Å². The summed E-state index contributed by atoms with van der Waals surface area (Å²) in [6.07, 6.45) is 1.63. The number of hydrogen-bond donors (Lipinski definition) is 1. The minimum Gasteiger partial charge on any atom is -0.321 e. The molecule has 0 aliphatic rings. The zero-order chi connectivity index (χ0) is 16.2. The summed E-state index contributed by atoms with van der Waals surface area (Å²) >= 11 is 0. The first-order valence-electron chi connectivity index (χ1n) is 7.45. The van der Waals surface area contributed by atoms with Crippen molar-refractivity contribution in [2.75, 3.05) is 5.75 Å². The predicted molar refractivity (Wildman–Crippen MR) is 85.1 cm³/mol. The lowest BCUT2D eigenvalue weighted by atomic mass is 10.1. The fourth-order valence-electron chi connectivity index (χ4n) is 2.29. The molecule has 1 aromatic heterocycles. The Labute approximate surface area is 131 Å². The van der Waals surface area contributed by atoms with Gasteiger partial charge in [0.25, 0.3) is 0 Å². The second-order valence-electron chi connectivity index (χ2n) is 5.21. The zero-order valence-corrected chi connectivity index (χ0v) is 13.8. The van der Waals surface area contributed by atoms with Crippen molar-refractivity contribution in [2.45, 2.75) is 44.4 Å². The van der Waals surface area contributed by atoms with Crippen LogP contribution in [0.2, 0.25) is 0 Å². The Balaban J connectivity index is 2.48. The van der Waals surface area contributed by atoms with E-state index < -0.39 is 9.84 Å². The van der Waals surface area contributed by atoms with Crippen LogP contribution in [0, 0.1) is 0 Å². The third kappa shape index (κ3) is 3.53. The number of sulfone groups is 1. The van der Waals surface area contributed by atoms with Crippen molar-refractivity contribution < 1.29 is 8.42 Å². The Morgan fingerprint density at radius 1 is 1.18 bits per heavy atom. The Bertz CT molecular complexity index is 710. The van der Waals surface area contributed by atoms with Gasteiger partial charge in [-0.2, -0.15) is 0 Å². The summed E-state index contributed by atoms with van der Waals surface area (Å²) in [6, 6.07) is 9.32. The molecule has 0 saturated carbocycles. The highest BCUT2D eigenvalue weighted by molar-refractivity contribution is 7.91. The fraction of sp³-hybridized carbons (Fsp3) is 0.467. The van der Waals surface area contributed by atoms with Gasteiger partial charge in [-0.05, 0) is 12.0 Å². The standard InChI is InChI=1S/C15H22N4O2S/c1-3-8-13(16)14-17-18-15(22(20,21)4-2)19(14)11-12-9-6-5-7-10-12/h5-7,9-10,13H,3-4,8,11,16H2,1-2H3. The van der Waals surface area contributed by atoms with Gasteiger partial charge in [0.1, 0.15) is 0 Å². The highest BCUT2D eigenvalue weighted by Crippen LogP contribution is 2.20. The molecular weight excluding hydrogens is 300 g/mol. The van der Waals surface area contributed by atoms with Crippen molar-refractivity contribution in [1.29, 1.82) is 0 Å². The second-order valence-corrected chi connectivity index (χ2v) is 7.38. The van der Waals surface area contributed by atoms with Crippen LogP contribution in [0.15, 0.2) is 35.5 Å². The fourth-order valence-corrected chi connectivity index (χ4v) is 3.21. The summed E-state index contributed by atoms with van der Waals surface area (Å²) in [7, 11) is -3.44. The molecule has 2 aromatic rings. The zero-order valence-electron chi connectivity index (χ0n) is 12.9. The lowest BCUT2D eigenvalue weighted by Crippen LogP contribution is -2.20. The molecule has 6 nitrogen and oxygen atoms in total. The van der Waals surface area contributed by atoms with E-state index in [1.807, 2.05) is 37.3 Å². The molecule has 0 spiro atoms. The maximum Gasteiger partial charge on any atom is 0.250 e. The SMILES string of the molecule is CCCC(N)c1nnc(S(=O)(=O)CC)n1Cc1ccccc1. The van der Waals surface area contributed by atoms with Gasteiger partial charge >= 0.3 is 0 Å². The minimum absolute atomic E-state index is 0.000376. The van der Waals surface area contributed by atoms with Crippen LogP contribution in [-0.2, 0) is 16.4 Å². The quantitative estimate of drug-likeness (QED) is 0.841. The largest absolute Gasteiger partial charge is 0.321 e. The van der Waals surface area contributed by atoms with Crippen LogP contribution in [0.5, 0.6) is 0 Å². The van der Waals surface area contributed by atoms with E-state index in [2.05, 4.69) is 10.2 Å². The highest BCUT2D eigenvalue weighted by atomic mass is 32.2. The summed E-state index contributed by atoms with van der Waals surface area (Å²) in [5.41, 5.74) is 7.13. The molecule has 0 saturated heterocycles. The van der Waals surface area contributed by atoms with Crippen molar-refractivity contribution in [3.05, 3.63) is 41.7 Å². The van der Waals surface area contributed by atoms with Crippen LogP contribution < -0.4 is 5.73 Å². The normalized spacial score (nSPS) is 13.2. The molecule has 0 aliphatic heterocycles. The summed E-state index contributed by atoms with van der Waals surface area (Å²) in [6.45, 7) is 4.03. The molecule has 1 unspecified atom stereocenters. The average molecular weight is 322 g/mol. The Hall–Kier alpha value is -1.73. The lowest BCUT2D eigenvalue weighted by molar-refractivity contribution is 0.538. The number of nitrogens with two attached hydrogens (primary N) is 1. The number of aromatic nitrogens is 3. The van der Waals surface area contributed by atoms with Gasteiger partial charge in [0.05, 0.1) is 18.3 Å². The van der Waals surface area contributed by atoms with Gasteiger partial charge < -0.3 is 5.73 Å². The maximum absolute atomic E-state index is 12.2. The highest BCUT2D eigenvalue weighted by Gasteiger charge is 2.25. The molecule has 7 heteroatoms. The third-order valence-corrected chi connectivity index (χ3v) is 5.14. The molecule has 22 heavy (non-hydrogen) atoms. The second kappa shape index (κ2) is 7.02. The van der Waals surface area contributed by atoms with E-state index in [0.29, 0.717) is 12.4 Å². The van der Waals surface area contributed by atoms with Crippen molar-refractivity contribution in [2.24, 2.45) is 5.73 Å². The lowest BCUT2D eigenvalue weighted by Gasteiger charge is -2.14. The molecule has 0 amide bonds. The molecule has 1 aromatic carbocycles. The minimum atomic E-state index is -3.44. The molecule has 0 bridgehead atoms. The van der Waals surface area contributed by atoms with Crippen LogP contribution in [-0.4, -0.2) is 28.9 Å². The van der Waals surface area contributed by atoms with Crippen LogP contribution >= 0.6 is 0 Å². The van der Waals surface area contributed by atoms with Crippen LogP contribution in [0.4, 0.5) is 0 Å². The summed E-state index contributed by atoms with van der Waals surface area (Å²) in [4.78, 5) is 0. The van der Waals surface area contributed by atoms with Gasteiger partial charge in [-0.25, -0.2) is 8.42 Å². The first kappa shape index (κ1) is 16.6. The van der Waals surface area contributed by atoms with E-state index >= 15 is 0 Å². The number of nitrogens with zero attached hydrogens (tertiary/aromatic N) is 3. The van der Waals surface area contributed by atoms with E-state index in [4.69, 9.17) is 5.73 Å². The first-order chi connectivity index (χ1) is 10.5. The Kier molecular flexibility index (Phi) is 5.31. The molecular formula is C15H22N4O2S. The van der Waals surface area contributed by atoms with E-state index in [1.54, 1.807) is 11.5 Å². The van der Waals surface area contributed by atoms with Gasteiger partial charge in [-0.15, -0.1) is 10.2 Å². The average Bonchev–Trinajstić information content (AvgIpc) is 2.93. The van der Waals surface area contributed by atoms with Gasteiger partial charge in [-0.3, -0.25) is 4.57 Å². The number of hydrogen-bond acceptors (Lipinski definition) is 5. The van der Waals surface area contributed by atoms with Crippen molar-refractivity contribution in [3.8, 4) is 0 Å². The van der Waals surface area contributed by atoms with Crippen molar-refractivity contribution in [1.82, 2.24) is 14.8 Å². The Morgan fingerprint density at radius 3 is 2.45 bits per heavy atom. The van der Waals surface area contributed by atoms with Crippen LogP contribution in [0.25, 0.3) is 0 Å². The summed E-state index contributed by atoms with van der Waals surface area (Å²) < 4.78 is 26.1. The third-order valence-electron chi connectivity index (χ3n) is 3.52. The van der Waals surface area contributed by atoms with E-state index in [0.717, 1.165) is 18.4 Å². The molecule has 0 radical (unpaired) electrons. The van der Waals surface area contributed by atoms with Crippen molar-refractivity contribution in [3.63, 3.8) is 0 Å². The van der Waals surface area contributed by atoms with Gasteiger partial charge in [0, 0.05) is 0 Å². The number of benzene rings is 1. The van der Waals surface area contributed by atoms with E-state index in [9.17, 15) is 8.42 Å². The van der Waals surface area contributed by atoms with Gasteiger partial charge in [-0.1, -0.05) is 50.6 Å². The molecule has 2 N–H and O–H groups in total. The molecule has 120 valence electrons. The maximum atomic E-state index is 12.2.